The SMILES string of the molecule is CC(O)C(=O)O.COC. The van der Waals surface area contributed by atoms with E-state index in [1.165, 1.54) is 6.92 Å². The lowest BCUT2D eigenvalue weighted by Gasteiger charge is -1.89. The van der Waals surface area contributed by atoms with E-state index < -0.39 is 12.1 Å². The molecule has 0 aromatic heterocycles. The van der Waals surface area contributed by atoms with Crippen LogP contribution in [0.2, 0.25) is 0 Å². The Morgan fingerprint density at radius 3 is 1.67 bits per heavy atom. The molecule has 56 valence electrons. The van der Waals surface area contributed by atoms with Crippen LogP contribution in [0.4, 0.5) is 0 Å². The molecule has 0 aliphatic carbocycles. The number of methoxy groups -OCH3 is 1. The van der Waals surface area contributed by atoms with Crippen LogP contribution in [0.25, 0.3) is 0 Å². The minimum Gasteiger partial charge on any atom is -0.479 e. The second-order valence-corrected chi connectivity index (χ2v) is 1.42. The van der Waals surface area contributed by atoms with Crippen LogP contribution < -0.4 is 0 Å². The fourth-order valence-electron chi connectivity index (χ4n) is 0. The van der Waals surface area contributed by atoms with Crippen LogP contribution in [-0.2, 0) is 9.53 Å². The van der Waals surface area contributed by atoms with Gasteiger partial charge in [0.15, 0.2) is 0 Å². The Labute approximate surface area is 54.1 Å². The summed E-state index contributed by atoms with van der Waals surface area (Å²) >= 11 is 0. The van der Waals surface area contributed by atoms with Crippen molar-refractivity contribution >= 4 is 5.97 Å². The molecule has 9 heavy (non-hydrogen) atoms. The van der Waals surface area contributed by atoms with Gasteiger partial charge >= 0.3 is 5.97 Å². The van der Waals surface area contributed by atoms with Crippen LogP contribution in [0, 0.1) is 0 Å². The summed E-state index contributed by atoms with van der Waals surface area (Å²) in [4.78, 5) is 9.45. The monoisotopic (exact) mass is 136 g/mol. The van der Waals surface area contributed by atoms with Gasteiger partial charge in [0.1, 0.15) is 6.10 Å². The van der Waals surface area contributed by atoms with E-state index in [1.54, 1.807) is 14.2 Å². The molecule has 0 saturated carbocycles. The third-order valence-electron chi connectivity index (χ3n) is 0.357. The molecular formula is C5H12O4. The molecule has 1 atom stereocenters. The summed E-state index contributed by atoms with van der Waals surface area (Å²) in [6.07, 6.45) is -1.23. The van der Waals surface area contributed by atoms with E-state index in [0.29, 0.717) is 0 Å². The number of aliphatic hydroxyl groups is 1. The highest BCUT2D eigenvalue weighted by Crippen LogP contribution is 1.73. The van der Waals surface area contributed by atoms with Gasteiger partial charge in [-0.25, -0.2) is 4.79 Å². The van der Waals surface area contributed by atoms with Crippen molar-refractivity contribution in [2.24, 2.45) is 0 Å². The molecule has 1 unspecified atom stereocenters. The van der Waals surface area contributed by atoms with Crippen molar-refractivity contribution in [3.63, 3.8) is 0 Å². The molecule has 0 aliphatic heterocycles. The summed E-state index contributed by atoms with van der Waals surface area (Å²) in [5.74, 6) is -1.19. The number of aliphatic carboxylic acids is 1. The Hall–Kier alpha value is -0.610. The lowest BCUT2D eigenvalue weighted by atomic mass is 10.4. The second kappa shape index (κ2) is 7.39. The van der Waals surface area contributed by atoms with E-state index in [2.05, 4.69) is 4.74 Å². The molecule has 0 spiro atoms. The lowest BCUT2D eigenvalue weighted by Crippen LogP contribution is -2.13. The Balaban J connectivity index is 0. The van der Waals surface area contributed by atoms with E-state index in [-0.39, 0.29) is 0 Å². The molecule has 4 nitrogen and oxygen atoms in total. The van der Waals surface area contributed by atoms with E-state index in [9.17, 15) is 4.79 Å². The fourth-order valence-corrected chi connectivity index (χ4v) is 0. The molecule has 0 rings (SSSR count). The standard InChI is InChI=1S/C3H6O3.C2H6O/c1-2(4)3(5)6;1-3-2/h2,4H,1H3,(H,5,6);1-2H3. The van der Waals surface area contributed by atoms with Crippen molar-refractivity contribution in [2.75, 3.05) is 14.2 Å². The Kier molecular flexibility index (Phi) is 9.21. The number of rotatable bonds is 1. The van der Waals surface area contributed by atoms with Crippen molar-refractivity contribution in [2.45, 2.75) is 13.0 Å². The molecule has 0 radical (unpaired) electrons. The molecule has 0 aliphatic rings. The normalized spacial score (nSPS) is 11.1. The smallest absolute Gasteiger partial charge is 0.332 e. The third-order valence-corrected chi connectivity index (χ3v) is 0.357. The topological polar surface area (TPSA) is 66.8 Å². The minimum atomic E-state index is -1.23. The number of carbonyl (C=O) groups is 1. The molecular weight excluding hydrogens is 124 g/mol. The molecule has 0 bridgehead atoms. The van der Waals surface area contributed by atoms with Gasteiger partial charge in [0.05, 0.1) is 0 Å². The predicted molar refractivity (Wildman–Crippen MR) is 32.2 cm³/mol. The minimum absolute atomic E-state index is 1.19. The van der Waals surface area contributed by atoms with Crippen LogP contribution in [-0.4, -0.2) is 36.5 Å². The van der Waals surface area contributed by atoms with Gasteiger partial charge < -0.3 is 14.9 Å². The second-order valence-electron chi connectivity index (χ2n) is 1.42. The van der Waals surface area contributed by atoms with Gasteiger partial charge in [-0.1, -0.05) is 0 Å². The quantitative estimate of drug-likeness (QED) is 0.520. The molecule has 0 heterocycles. The number of carboxylic acids is 1. The maximum atomic E-state index is 9.45. The van der Waals surface area contributed by atoms with Crippen LogP contribution in [0.3, 0.4) is 0 Å². The lowest BCUT2D eigenvalue weighted by molar-refractivity contribution is -0.145. The highest BCUT2D eigenvalue weighted by Gasteiger charge is 2.01. The van der Waals surface area contributed by atoms with E-state index in [4.69, 9.17) is 10.2 Å². The zero-order chi connectivity index (χ0) is 7.86. The predicted octanol–water partition coefficient (Wildman–Crippen LogP) is -0.286. The summed E-state index contributed by atoms with van der Waals surface area (Å²) in [6.45, 7) is 1.20. The molecule has 2 N–H and O–H groups in total. The van der Waals surface area contributed by atoms with Crippen molar-refractivity contribution in [1.82, 2.24) is 0 Å². The first-order chi connectivity index (χ1) is 4.06. The third kappa shape index (κ3) is 18.7. The summed E-state index contributed by atoms with van der Waals surface area (Å²) in [6, 6.07) is 0. The zero-order valence-electron chi connectivity index (χ0n) is 5.79. The Morgan fingerprint density at radius 2 is 1.67 bits per heavy atom. The van der Waals surface area contributed by atoms with E-state index in [1.807, 2.05) is 0 Å². The summed E-state index contributed by atoms with van der Waals surface area (Å²) in [5, 5.41) is 15.8. The molecule has 0 aromatic carbocycles. The van der Waals surface area contributed by atoms with Crippen LogP contribution >= 0.6 is 0 Å². The number of hydrogen-bond acceptors (Lipinski definition) is 3. The highest BCUT2D eigenvalue weighted by atomic mass is 16.4. The maximum absolute atomic E-state index is 9.45. The van der Waals surface area contributed by atoms with Gasteiger partial charge in [0.25, 0.3) is 0 Å². The van der Waals surface area contributed by atoms with E-state index in [0.717, 1.165) is 0 Å². The van der Waals surface area contributed by atoms with Crippen molar-refractivity contribution in [1.29, 1.82) is 0 Å². The van der Waals surface area contributed by atoms with Gasteiger partial charge in [0, 0.05) is 14.2 Å². The van der Waals surface area contributed by atoms with Crippen LogP contribution in [0.5, 0.6) is 0 Å². The van der Waals surface area contributed by atoms with Gasteiger partial charge in [-0.2, -0.15) is 0 Å². The molecule has 0 aromatic rings. The Bertz CT molecular complexity index is 69.4. The van der Waals surface area contributed by atoms with Crippen molar-refractivity contribution < 1.29 is 19.7 Å². The fraction of sp³-hybridized carbons (Fsp3) is 0.800. The highest BCUT2D eigenvalue weighted by molar-refractivity contribution is 5.71. The first-order valence-corrected chi connectivity index (χ1v) is 2.37. The largest absolute Gasteiger partial charge is 0.479 e. The number of ether oxygens (including phenoxy) is 1. The average molecular weight is 136 g/mol. The van der Waals surface area contributed by atoms with E-state index >= 15 is 0 Å². The van der Waals surface area contributed by atoms with Crippen LogP contribution in [0.15, 0.2) is 0 Å². The van der Waals surface area contributed by atoms with Crippen LogP contribution in [0.1, 0.15) is 6.92 Å². The van der Waals surface area contributed by atoms with Crippen molar-refractivity contribution in [3.8, 4) is 0 Å². The number of hydrogen-bond donors (Lipinski definition) is 2. The molecule has 0 amide bonds. The number of carboxylic acid groups (broad SMARTS) is 1. The van der Waals surface area contributed by atoms with Gasteiger partial charge in [-0.3, -0.25) is 0 Å². The molecule has 0 saturated heterocycles. The first kappa shape index (κ1) is 11.2. The van der Waals surface area contributed by atoms with Gasteiger partial charge in [-0.05, 0) is 6.92 Å². The summed E-state index contributed by atoms with van der Waals surface area (Å²) in [7, 11) is 3.25. The summed E-state index contributed by atoms with van der Waals surface area (Å²) < 4.78 is 4.25. The summed E-state index contributed by atoms with van der Waals surface area (Å²) in [5.41, 5.74) is 0. The number of aliphatic hydroxyl groups excluding tert-OH is 1. The molecule has 4 heteroatoms. The first-order valence-electron chi connectivity index (χ1n) is 2.37. The van der Waals surface area contributed by atoms with Crippen molar-refractivity contribution in [3.05, 3.63) is 0 Å². The molecule has 0 fully saturated rings. The maximum Gasteiger partial charge on any atom is 0.332 e. The Morgan fingerprint density at radius 1 is 1.56 bits per heavy atom. The van der Waals surface area contributed by atoms with Gasteiger partial charge in [-0.15, -0.1) is 0 Å². The van der Waals surface area contributed by atoms with Gasteiger partial charge in [0.2, 0.25) is 0 Å². The average Bonchev–Trinajstić information content (AvgIpc) is 1.68. The zero-order valence-corrected chi connectivity index (χ0v) is 5.79.